The van der Waals surface area contributed by atoms with Crippen molar-refractivity contribution in [3.8, 4) is 0 Å². The number of aliphatic hydroxyl groups excluding tert-OH is 1. The highest BCUT2D eigenvalue weighted by atomic mass is 16.3. The Morgan fingerprint density at radius 2 is 2.05 bits per heavy atom. The minimum absolute atomic E-state index is 0.0491. The Morgan fingerprint density at radius 1 is 1.30 bits per heavy atom. The standard InChI is InChI=1S/C15H18N2O3/c1-2-16(9-10-18)15(20)11-17-8-7-14(19)12-5-3-4-6-13(12)17/h3-8,18H,2,9-11H2,1H3. The lowest BCUT2D eigenvalue weighted by Crippen LogP contribution is -2.36. The molecule has 0 unspecified atom stereocenters. The Balaban J connectivity index is 2.32. The lowest BCUT2D eigenvalue weighted by molar-refractivity contribution is -0.132. The molecule has 1 heterocycles. The highest BCUT2D eigenvalue weighted by Crippen LogP contribution is 2.09. The van der Waals surface area contributed by atoms with E-state index in [2.05, 4.69) is 0 Å². The fourth-order valence-electron chi connectivity index (χ4n) is 2.22. The van der Waals surface area contributed by atoms with Gasteiger partial charge in [0.25, 0.3) is 0 Å². The van der Waals surface area contributed by atoms with Crippen molar-refractivity contribution in [3.05, 3.63) is 46.8 Å². The van der Waals surface area contributed by atoms with Crippen molar-refractivity contribution >= 4 is 16.8 Å². The molecule has 0 saturated carbocycles. The molecule has 0 aliphatic carbocycles. The number of aromatic nitrogens is 1. The Kier molecular flexibility index (Phi) is 4.53. The number of carbonyl (C=O) groups is 1. The number of fused-ring (bicyclic) bond motifs is 1. The molecule has 0 spiro atoms. The van der Waals surface area contributed by atoms with Gasteiger partial charge in [-0.3, -0.25) is 9.59 Å². The summed E-state index contributed by atoms with van der Waals surface area (Å²) in [7, 11) is 0. The smallest absolute Gasteiger partial charge is 0.242 e. The molecular weight excluding hydrogens is 256 g/mol. The molecule has 0 saturated heterocycles. The largest absolute Gasteiger partial charge is 0.395 e. The maximum atomic E-state index is 12.2. The third-order valence-electron chi connectivity index (χ3n) is 3.29. The molecule has 2 rings (SSSR count). The van der Waals surface area contributed by atoms with Crippen LogP contribution in [-0.4, -0.2) is 40.2 Å². The number of amides is 1. The minimum atomic E-state index is -0.0737. The number of hydrogen-bond donors (Lipinski definition) is 1. The molecule has 5 nitrogen and oxygen atoms in total. The fourth-order valence-corrected chi connectivity index (χ4v) is 2.22. The Bertz CT molecular complexity index is 663. The lowest BCUT2D eigenvalue weighted by Gasteiger charge is -2.21. The Hall–Kier alpha value is -2.14. The van der Waals surface area contributed by atoms with Crippen molar-refractivity contribution in [2.24, 2.45) is 0 Å². The van der Waals surface area contributed by atoms with Crippen molar-refractivity contribution in [1.82, 2.24) is 9.47 Å². The van der Waals surface area contributed by atoms with E-state index in [1.165, 1.54) is 6.07 Å². The number of carbonyl (C=O) groups excluding carboxylic acids is 1. The number of benzene rings is 1. The first-order valence-electron chi connectivity index (χ1n) is 6.64. The summed E-state index contributed by atoms with van der Waals surface area (Å²) in [5, 5.41) is 9.55. The molecular formula is C15H18N2O3. The van der Waals surface area contributed by atoms with E-state index in [1.807, 2.05) is 19.1 Å². The summed E-state index contributed by atoms with van der Waals surface area (Å²) in [5.41, 5.74) is 0.695. The van der Waals surface area contributed by atoms with Gasteiger partial charge in [0, 0.05) is 30.7 Å². The molecule has 1 aromatic heterocycles. The number of rotatable bonds is 5. The molecule has 20 heavy (non-hydrogen) atoms. The van der Waals surface area contributed by atoms with Crippen LogP contribution in [0.15, 0.2) is 41.3 Å². The molecule has 0 atom stereocenters. The van der Waals surface area contributed by atoms with Gasteiger partial charge < -0.3 is 14.6 Å². The topological polar surface area (TPSA) is 62.5 Å². The number of para-hydroxylation sites is 1. The zero-order valence-electron chi connectivity index (χ0n) is 11.5. The monoisotopic (exact) mass is 274 g/mol. The molecule has 5 heteroatoms. The van der Waals surface area contributed by atoms with E-state index in [0.717, 1.165) is 5.52 Å². The minimum Gasteiger partial charge on any atom is -0.395 e. The maximum Gasteiger partial charge on any atom is 0.242 e. The summed E-state index contributed by atoms with van der Waals surface area (Å²) in [4.78, 5) is 25.5. The molecule has 0 aliphatic heterocycles. The molecule has 0 aliphatic rings. The van der Waals surface area contributed by atoms with Crippen LogP contribution < -0.4 is 5.43 Å². The summed E-state index contributed by atoms with van der Waals surface area (Å²) >= 11 is 0. The van der Waals surface area contributed by atoms with E-state index < -0.39 is 0 Å². The van der Waals surface area contributed by atoms with Gasteiger partial charge in [0.15, 0.2) is 5.43 Å². The van der Waals surface area contributed by atoms with Crippen LogP contribution >= 0.6 is 0 Å². The SMILES string of the molecule is CCN(CCO)C(=O)Cn1ccc(=O)c2ccccc21. The molecule has 1 N–H and O–H groups in total. The van der Waals surface area contributed by atoms with E-state index in [9.17, 15) is 9.59 Å². The third-order valence-corrected chi connectivity index (χ3v) is 3.29. The van der Waals surface area contributed by atoms with Crippen molar-refractivity contribution in [2.75, 3.05) is 19.7 Å². The van der Waals surface area contributed by atoms with Gasteiger partial charge in [0.2, 0.25) is 5.91 Å². The van der Waals surface area contributed by atoms with E-state index in [0.29, 0.717) is 18.5 Å². The van der Waals surface area contributed by atoms with Crippen LogP contribution in [0.1, 0.15) is 6.92 Å². The third kappa shape index (κ3) is 2.88. The average Bonchev–Trinajstić information content (AvgIpc) is 2.48. The van der Waals surface area contributed by atoms with Crippen LogP contribution in [0.5, 0.6) is 0 Å². The van der Waals surface area contributed by atoms with Gasteiger partial charge >= 0.3 is 0 Å². The highest BCUT2D eigenvalue weighted by Gasteiger charge is 2.12. The van der Waals surface area contributed by atoms with Gasteiger partial charge in [-0.2, -0.15) is 0 Å². The van der Waals surface area contributed by atoms with Gasteiger partial charge in [-0.25, -0.2) is 0 Å². The molecule has 0 radical (unpaired) electrons. The van der Waals surface area contributed by atoms with E-state index in [4.69, 9.17) is 5.11 Å². The molecule has 0 fully saturated rings. The van der Waals surface area contributed by atoms with Gasteiger partial charge in [-0.1, -0.05) is 12.1 Å². The van der Waals surface area contributed by atoms with Crippen LogP contribution in [0.25, 0.3) is 10.9 Å². The second-order valence-electron chi connectivity index (χ2n) is 4.52. The summed E-state index contributed by atoms with van der Waals surface area (Å²) < 4.78 is 1.76. The van der Waals surface area contributed by atoms with Crippen LogP contribution in [0.3, 0.4) is 0 Å². The Morgan fingerprint density at radius 3 is 2.75 bits per heavy atom. The number of pyridine rings is 1. The molecule has 1 aromatic carbocycles. The van der Waals surface area contributed by atoms with Crippen LogP contribution in [0, 0.1) is 0 Å². The fraction of sp³-hybridized carbons (Fsp3) is 0.333. The van der Waals surface area contributed by atoms with Crippen molar-refractivity contribution in [3.63, 3.8) is 0 Å². The van der Waals surface area contributed by atoms with Gasteiger partial charge in [-0.05, 0) is 19.1 Å². The first-order chi connectivity index (χ1) is 9.67. The molecule has 1 amide bonds. The van der Waals surface area contributed by atoms with Gasteiger partial charge in [0.1, 0.15) is 6.54 Å². The first kappa shape index (κ1) is 14.3. The average molecular weight is 274 g/mol. The predicted octanol–water partition coefficient (Wildman–Crippen LogP) is 0.842. The van der Waals surface area contributed by atoms with E-state index in [1.54, 1.807) is 27.8 Å². The van der Waals surface area contributed by atoms with Crippen LogP contribution in [0.4, 0.5) is 0 Å². The van der Waals surface area contributed by atoms with Crippen LogP contribution in [-0.2, 0) is 11.3 Å². The summed E-state index contributed by atoms with van der Waals surface area (Å²) in [6.07, 6.45) is 1.63. The summed E-state index contributed by atoms with van der Waals surface area (Å²) in [6, 6.07) is 8.70. The quantitative estimate of drug-likeness (QED) is 0.879. The summed E-state index contributed by atoms with van der Waals surface area (Å²) in [6.45, 7) is 2.86. The molecule has 106 valence electrons. The Labute approximate surface area is 117 Å². The van der Waals surface area contributed by atoms with Crippen LogP contribution in [0.2, 0.25) is 0 Å². The number of likely N-dealkylation sites (N-methyl/N-ethyl adjacent to an activating group) is 1. The lowest BCUT2D eigenvalue weighted by atomic mass is 10.2. The molecule has 2 aromatic rings. The van der Waals surface area contributed by atoms with E-state index in [-0.39, 0.29) is 24.5 Å². The van der Waals surface area contributed by atoms with E-state index >= 15 is 0 Å². The zero-order valence-corrected chi connectivity index (χ0v) is 11.5. The number of hydrogen-bond acceptors (Lipinski definition) is 3. The first-order valence-corrected chi connectivity index (χ1v) is 6.64. The van der Waals surface area contributed by atoms with Gasteiger partial charge in [-0.15, -0.1) is 0 Å². The van der Waals surface area contributed by atoms with Crippen molar-refractivity contribution in [2.45, 2.75) is 13.5 Å². The van der Waals surface area contributed by atoms with Crippen molar-refractivity contribution in [1.29, 1.82) is 0 Å². The summed E-state index contributed by atoms with van der Waals surface area (Å²) in [5.74, 6) is -0.0737. The number of nitrogens with zero attached hydrogens (tertiary/aromatic N) is 2. The second-order valence-corrected chi connectivity index (χ2v) is 4.52. The molecule has 0 bridgehead atoms. The number of aliphatic hydroxyl groups is 1. The normalized spacial score (nSPS) is 10.7. The second kappa shape index (κ2) is 6.34. The highest BCUT2D eigenvalue weighted by molar-refractivity contribution is 5.82. The predicted molar refractivity (Wildman–Crippen MR) is 77.5 cm³/mol. The van der Waals surface area contributed by atoms with Crippen molar-refractivity contribution < 1.29 is 9.90 Å². The zero-order chi connectivity index (χ0) is 14.5. The maximum absolute atomic E-state index is 12.2. The van der Waals surface area contributed by atoms with Gasteiger partial charge in [0.05, 0.1) is 12.1 Å².